The van der Waals surface area contributed by atoms with E-state index in [4.69, 9.17) is 9.47 Å². The average Bonchev–Trinajstić information content (AvgIpc) is 2.87. The van der Waals surface area contributed by atoms with Gasteiger partial charge in [-0.15, -0.1) is 0 Å². The lowest BCUT2D eigenvalue weighted by molar-refractivity contribution is -0.136. The van der Waals surface area contributed by atoms with Crippen molar-refractivity contribution in [3.63, 3.8) is 0 Å². The van der Waals surface area contributed by atoms with Crippen molar-refractivity contribution >= 4 is 11.8 Å². The predicted molar refractivity (Wildman–Crippen MR) is 126 cm³/mol. The number of hydrogen-bond acceptors (Lipinski definition) is 5. The number of amides is 2. The largest absolute Gasteiger partial charge is 0.383 e. The van der Waals surface area contributed by atoms with Gasteiger partial charge < -0.3 is 19.3 Å². The van der Waals surface area contributed by atoms with E-state index in [2.05, 4.69) is 4.90 Å². The minimum Gasteiger partial charge on any atom is -0.383 e. The zero-order valence-corrected chi connectivity index (χ0v) is 19.5. The minimum absolute atomic E-state index is 0.0510. The fourth-order valence-corrected chi connectivity index (χ4v) is 4.92. The summed E-state index contributed by atoms with van der Waals surface area (Å²) in [5.74, 6) is -0.425. The second kappa shape index (κ2) is 10.9. The van der Waals surface area contributed by atoms with E-state index in [1.165, 1.54) is 0 Å². The summed E-state index contributed by atoms with van der Waals surface area (Å²) in [4.78, 5) is 33.7. The highest BCUT2D eigenvalue weighted by atomic mass is 16.5. The Labute approximate surface area is 195 Å². The normalized spacial score (nSPS) is 21.2. The molecule has 2 aliphatic rings. The fourth-order valence-electron chi connectivity index (χ4n) is 4.92. The number of hydrogen-bond donors (Lipinski definition) is 0. The third kappa shape index (κ3) is 4.95. The van der Waals surface area contributed by atoms with E-state index in [0.717, 1.165) is 30.8 Å². The summed E-state index contributed by atoms with van der Waals surface area (Å²) >= 11 is 0. The monoisotopic (exact) mass is 451 g/mol. The van der Waals surface area contributed by atoms with Crippen molar-refractivity contribution in [2.45, 2.75) is 12.0 Å². The Morgan fingerprint density at radius 1 is 0.879 bits per heavy atom. The predicted octanol–water partition coefficient (Wildman–Crippen LogP) is 2.40. The Balaban J connectivity index is 1.69. The smallest absolute Gasteiger partial charge is 0.254 e. The number of carbonyl (C=O) groups is 2. The summed E-state index contributed by atoms with van der Waals surface area (Å²) in [6.07, 6.45) is 0. The van der Waals surface area contributed by atoms with Gasteiger partial charge in [0, 0.05) is 59.1 Å². The van der Waals surface area contributed by atoms with E-state index in [9.17, 15) is 9.59 Å². The molecule has 2 aromatic rings. The van der Waals surface area contributed by atoms with Crippen LogP contribution in [0.1, 0.15) is 33.4 Å². The number of rotatable bonds is 8. The molecule has 176 valence electrons. The van der Waals surface area contributed by atoms with Gasteiger partial charge in [0.1, 0.15) is 0 Å². The number of ether oxygens (including phenoxy) is 2. The number of nitrogens with zero attached hydrogens (tertiary/aromatic N) is 3. The third-order valence-corrected chi connectivity index (χ3v) is 6.68. The van der Waals surface area contributed by atoms with Gasteiger partial charge in [-0.3, -0.25) is 14.5 Å². The summed E-state index contributed by atoms with van der Waals surface area (Å²) in [6, 6.07) is 17.1. The fraction of sp³-hybridized carbons (Fsp3) is 0.462. The first-order valence-corrected chi connectivity index (χ1v) is 11.6. The Bertz CT molecular complexity index is 944. The Morgan fingerprint density at radius 2 is 1.52 bits per heavy atom. The van der Waals surface area contributed by atoms with E-state index in [1.54, 1.807) is 14.2 Å². The van der Waals surface area contributed by atoms with Gasteiger partial charge in [0.15, 0.2) is 0 Å². The van der Waals surface area contributed by atoms with Crippen LogP contribution >= 0.6 is 0 Å². The van der Waals surface area contributed by atoms with E-state index >= 15 is 0 Å². The number of methoxy groups -OCH3 is 2. The van der Waals surface area contributed by atoms with Crippen molar-refractivity contribution in [3.8, 4) is 0 Å². The molecular formula is C26H33N3O4. The van der Waals surface area contributed by atoms with Gasteiger partial charge in [0.25, 0.3) is 5.91 Å². The second-order valence-corrected chi connectivity index (χ2v) is 8.57. The van der Waals surface area contributed by atoms with Crippen LogP contribution in [0.3, 0.4) is 0 Å². The molecule has 0 unspecified atom stereocenters. The van der Waals surface area contributed by atoms with Crippen LogP contribution in [0.2, 0.25) is 0 Å². The zero-order valence-electron chi connectivity index (χ0n) is 19.5. The minimum atomic E-state index is -0.455. The molecule has 0 aliphatic carbocycles. The standard InChI is InChI=1S/C26H33N3O4/c1-32-18-16-27-12-14-28(15-13-27)26(31)23-21-10-6-7-11-22(21)25(30)29(17-19-33-2)24(23)20-8-4-3-5-9-20/h3-11,23-24H,12-19H2,1-2H3/t23-,24-/m1/s1. The molecule has 2 aromatic carbocycles. The van der Waals surface area contributed by atoms with Crippen LogP contribution in [0.25, 0.3) is 0 Å². The van der Waals surface area contributed by atoms with Gasteiger partial charge in [-0.05, 0) is 17.2 Å². The molecule has 0 radical (unpaired) electrons. The maximum absolute atomic E-state index is 14.1. The number of fused-ring (bicyclic) bond motifs is 1. The van der Waals surface area contributed by atoms with Gasteiger partial charge >= 0.3 is 0 Å². The molecular weight excluding hydrogens is 418 g/mol. The van der Waals surface area contributed by atoms with Crippen molar-refractivity contribution in [3.05, 3.63) is 71.3 Å². The highest BCUT2D eigenvalue weighted by molar-refractivity contribution is 6.01. The highest BCUT2D eigenvalue weighted by Crippen LogP contribution is 2.43. The molecule has 2 amide bonds. The van der Waals surface area contributed by atoms with Gasteiger partial charge in [-0.25, -0.2) is 0 Å². The Hall–Kier alpha value is -2.74. The molecule has 0 N–H and O–H groups in total. The van der Waals surface area contributed by atoms with Crippen molar-refractivity contribution < 1.29 is 19.1 Å². The number of carbonyl (C=O) groups excluding carboxylic acids is 2. The van der Waals surface area contributed by atoms with Crippen LogP contribution in [0, 0.1) is 0 Å². The van der Waals surface area contributed by atoms with E-state index in [0.29, 0.717) is 38.4 Å². The first-order chi connectivity index (χ1) is 16.2. The van der Waals surface area contributed by atoms with Gasteiger partial charge in [-0.2, -0.15) is 0 Å². The van der Waals surface area contributed by atoms with Crippen LogP contribution in [-0.4, -0.2) is 93.2 Å². The van der Waals surface area contributed by atoms with Crippen LogP contribution in [0.5, 0.6) is 0 Å². The first kappa shape index (κ1) is 23.4. The molecule has 0 saturated carbocycles. The van der Waals surface area contributed by atoms with Crippen LogP contribution in [0.4, 0.5) is 0 Å². The molecule has 7 heteroatoms. The molecule has 2 aliphatic heterocycles. The van der Waals surface area contributed by atoms with Crippen molar-refractivity contribution in [2.75, 3.05) is 66.7 Å². The molecule has 0 spiro atoms. The van der Waals surface area contributed by atoms with Crippen molar-refractivity contribution in [2.24, 2.45) is 0 Å². The molecule has 0 aromatic heterocycles. The molecule has 0 bridgehead atoms. The van der Waals surface area contributed by atoms with Crippen molar-refractivity contribution in [1.29, 1.82) is 0 Å². The van der Waals surface area contributed by atoms with Crippen LogP contribution < -0.4 is 0 Å². The second-order valence-electron chi connectivity index (χ2n) is 8.57. The van der Waals surface area contributed by atoms with Gasteiger partial charge in [0.05, 0.1) is 25.2 Å². The summed E-state index contributed by atoms with van der Waals surface area (Å²) in [5, 5.41) is 0. The first-order valence-electron chi connectivity index (χ1n) is 11.6. The lowest BCUT2D eigenvalue weighted by atomic mass is 9.78. The molecule has 33 heavy (non-hydrogen) atoms. The van der Waals surface area contributed by atoms with Crippen molar-refractivity contribution in [1.82, 2.24) is 14.7 Å². The SMILES string of the molecule is COCCN1CCN(C(=O)[C@@H]2c3ccccc3C(=O)N(CCOC)[C@@H]2c2ccccc2)CC1. The molecule has 2 atom stereocenters. The zero-order chi connectivity index (χ0) is 23.2. The summed E-state index contributed by atoms with van der Waals surface area (Å²) in [7, 11) is 3.34. The Kier molecular flexibility index (Phi) is 7.75. The quantitative estimate of drug-likeness (QED) is 0.617. The van der Waals surface area contributed by atoms with Gasteiger partial charge in [-0.1, -0.05) is 48.5 Å². The molecule has 4 rings (SSSR count). The van der Waals surface area contributed by atoms with E-state index in [1.807, 2.05) is 64.4 Å². The lowest BCUT2D eigenvalue weighted by Gasteiger charge is -2.44. The maximum atomic E-state index is 14.1. The van der Waals surface area contributed by atoms with E-state index < -0.39 is 5.92 Å². The summed E-state index contributed by atoms with van der Waals surface area (Å²) in [5.41, 5.74) is 2.39. The van der Waals surface area contributed by atoms with Crippen LogP contribution in [-0.2, 0) is 14.3 Å². The molecule has 1 fully saturated rings. The Morgan fingerprint density at radius 3 is 2.21 bits per heavy atom. The summed E-state index contributed by atoms with van der Waals surface area (Å²) < 4.78 is 10.5. The van der Waals surface area contributed by atoms with E-state index in [-0.39, 0.29) is 17.9 Å². The van der Waals surface area contributed by atoms with Gasteiger partial charge in [0.2, 0.25) is 5.91 Å². The number of piperazine rings is 1. The maximum Gasteiger partial charge on any atom is 0.254 e. The third-order valence-electron chi connectivity index (χ3n) is 6.68. The topological polar surface area (TPSA) is 62.3 Å². The van der Waals surface area contributed by atoms with Crippen LogP contribution in [0.15, 0.2) is 54.6 Å². The lowest BCUT2D eigenvalue weighted by Crippen LogP contribution is -2.54. The number of benzene rings is 2. The molecule has 7 nitrogen and oxygen atoms in total. The molecule has 2 heterocycles. The summed E-state index contributed by atoms with van der Waals surface area (Å²) in [6.45, 7) is 5.41. The molecule has 1 saturated heterocycles. The average molecular weight is 452 g/mol. The highest BCUT2D eigenvalue weighted by Gasteiger charge is 2.45.